The Hall–Kier alpha value is -2.65. The summed E-state index contributed by atoms with van der Waals surface area (Å²) in [5.41, 5.74) is 0.196. The molecule has 0 bridgehead atoms. The summed E-state index contributed by atoms with van der Waals surface area (Å²) in [6.45, 7) is 0.405. The van der Waals surface area contributed by atoms with E-state index in [0.29, 0.717) is 6.54 Å². The van der Waals surface area contributed by atoms with E-state index < -0.39 is 21.7 Å². The van der Waals surface area contributed by atoms with Crippen LogP contribution in [0.3, 0.4) is 0 Å². The first-order chi connectivity index (χ1) is 13.2. The maximum Gasteiger partial charge on any atom is 0.261 e. The Morgan fingerprint density at radius 2 is 1.89 bits per heavy atom. The predicted octanol–water partition coefficient (Wildman–Crippen LogP) is 2.24. The Labute approximate surface area is 166 Å². The predicted molar refractivity (Wildman–Crippen MR) is 102 cm³/mol. The quantitative estimate of drug-likeness (QED) is 0.768. The van der Waals surface area contributed by atoms with Gasteiger partial charge in [0.1, 0.15) is 5.82 Å². The van der Waals surface area contributed by atoms with Gasteiger partial charge in [0.25, 0.3) is 15.9 Å². The van der Waals surface area contributed by atoms with E-state index in [2.05, 4.69) is 10.0 Å². The summed E-state index contributed by atoms with van der Waals surface area (Å²) in [5, 5.41) is 2.84. The smallest absolute Gasteiger partial charge is 0.261 e. The van der Waals surface area contributed by atoms with Gasteiger partial charge in [-0.3, -0.25) is 14.3 Å². The topological polar surface area (TPSA) is 95.6 Å². The Kier molecular flexibility index (Phi) is 5.57. The van der Waals surface area contributed by atoms with Gasteiger partial charge in [-0.05, 0) is 42.5 Å². The number of anilines is 1. The monoisotopic (exact) mass is 425 g/mol. The second-order valence-electron chi connectivity index (χ2n) is 6.40. The number of hydrogen-bond acceptors (Lipinski definition) is 4. The van der Waals surface area contributed by atoms with Crippen molar-refractivity contribution in [2.24, 2.45) is 0 Å². The lowest BCUT2D eigenvalue weighted by Crippen LogP contribution is -2.36. The Bertz CT molecular complexity index is 1030. The van der Waals surface area contributed by atoms with Crippen molar-refractivity contribution < 1.29 is 22.4 Å². The van der Waals surface area contributed by atoms with E-state index in [-0.39, 0.29) is 39.5 Å². The summed E-state index contributed by atoms with van der Waals surface area (Å²) in [6, 6.07) is 8.13. The van der Waals surface area contributed by atoms with Crippen LogP contribution in [0.4, 0.5) is 10.1 Å². The molecule has 1 heterocycles. The highest BCUT2D eigenvalue weighted by Crippen LogP contribution is 2.26. The van der Waals surface area contributed by atoms with Crippen molar-refractivity contribution in [1.82, 2.24) is 10.2 Å². The average molecular weight is 426 g/mol. The van der Waals surface area contributed by atoms with Crippen LogP contribution in [0.5, 0.6) is 0 Å². The molecule has 1 saturated heterocycles. The summed E-state index contributed by atoms with van der Waals surface area (Å²) in [5.74, 6) is -1.08. The summed E-state index contributed by atoms with van der Waals surface area (Å²) in [4.78, 5) is 25.4. The fourth-order valence-electron chi connectivity index (χ4n) is 2.79. The Morgan fingerprint density at radius 1 is 1.21 bits per heavy atom. The van der Waals surface area contributed by atoms with E-state index >= 15 is 0 Å². The minimum Gasteiger partial charge on any atom is -0.347 e. The lowest BCUT2D eigenvalue weighted by molar-refractivity contribution is -0.126. The van der Waals surface area contributed by atoms with Crippen LogP contribution in [0.2, 0.25) is 5.02 Å². The Balaban J connectivity index is 1.78. The normalized spacial score (nSPS) is 16.9. The highest BCUT2D eigenvalue weighted by Gasteiger charge is 2.28. The van der Waals surface area contributed by atoms with Crippen molar-refractivity contribution in [3.63, 3.8) is 0 Å². The molecule has 2 aromatic carbocycles. The number of hydrogen-bond donors (Lipinski definition) is 2. The molecule has 2 N–H and O–H groups in total. The second kappa shape index (κ2) is 7.76. The van der Waals surface area contributed by atoms with Gasteiger partial charge < -0.3 is 10.2 Å². The number of carbonyl (C=O) groups excluding carboxylic acids is 2. The van der Waals surface area contributed by atoms with Crippen molar-refractivity contribution in [3.05, 3.63) is 58.9 Å². The highest BCUT2D eigenvalue weighted by atomic mass is 35.5. The largest absolute Gasteiger partial charge is 0.347 e. The first kappa shape index (κ1) is 20.1. The molecule has 3 rings (SSSR count). The van der Waals surface area contributed by atoms with Gasteiger partial charge in [-0.15, -0.1) is 0 Å². The van der Waals surface area contributed by atoms with Crippen molar-refractivity contribution in [1.29, 1.82) is 0 Å². The Morgan fingerprint density at radius 3 is 2.50 bits per heavy atom. The van der Waals surface area contributed by atoms with Crippen LogP contribution in [-0.4, -0.2) is 44.8 Å². The number of likely N-dealkylation sites (tertiary alicyclic amines) is 1. The molecular formula is C18H17ClFN3O4S. The van der Waals surface area contributed by atoms with Gasteiger partial charge in [-0.2, -0.15) is 0 Å². The van der Waals surface area contributed by atoms with Crippen LogP contribution >= 0.6 is 11.6 Å². The molecule has 0 aliphatic carbocycles. The zero-order chi connectivity index (χ0) is 20.5. The summed E-state index contributed by atoms with van der Waals surface area (Å²) >= 11 is 6.06. The molecule has 1 unspecified atom stereocenters. The number of nitrogens with one attached hydrogen (secondary N) is 2. The van der Waals surface area contributed by atoms with Gasteiger partial charge in [-0.1, -0.05) is 11.6 Å². The van der Waals surface area contributed by atoms with Crippen LogP contribution in [0.15, 0.2) is 47.4 Å². The van der Waals surface area contributed by atoms with E-state index in [1.807, 2.05) is 0 Å². The van der Waals surface area contributed by atoms with E-state index in [1.54, 1.807) is 7.05 Å². The van der Waals surface area contributed by atoms with Crippen molar-refractivity contribution in [2.75, 3.05) is 18.3 Å². The maximum atomic E-state index is 13.0. The number of carbonyl (C=O) groups is 2. The molecular weight excluding hydrogens is 409 g/mol. The molecule has 1 fully saturated rings. The molecule has 0 radical (unpaired) electrons. The third-order valence-corrected chi connectivity index (χ3v) is 5.98. The van der Waals surface area contributed by atoms with Crippen LogP contribution in [0, 0.1) is 5.82 Å². The molecule has 10 heteroatoms. The van der Waals surface area contributed by atoms with Crippen LogP contribution in [0.1, 0.15) is 16.8 Å². The van der Waals surface area contributed by atoms with Crippen LogP contribution in [-0.2, 0) is 14.8 Å². The number of halogens is 2. The van der Waals surface area contributed by atoms with Gasteiger partial charge in [0.15, 0.2) is 0 Å². The van der Waals surface area contributed by atoms with E-state index in [1.165, 1.54) is 23.1 Å². The van der Waals surface area contributed by atoms with Crippen molar-refractivity contribution >= 4 is 39.1 Å². The third kappa shape index (κ3) is 4.42. The van der Waals surface area contributed by atoms with Crippen LogP contribution in [0.25, 0.3) is 0 Å². The molecule has 148 valence electrons. The molecule has 0 spiro atoms. The number of nitrogens with zero attached hydrogens (tertiary/aromatic N) is 1. The van der Waals surface area contributed by atoms with Gasteiger partial charge >= 0.3 is 0 Å². The number of sulfonamides is 1. The van der Waals surface area contributed by atoms with E-state index in [9.17, 15) is 22.4 Å². The molecule has 1 atom stereocenters. The maximum absolute atomic E-state index is 13.0. The zero-order valence-corrected chi connectivity index (χ0v) is 16.3. The summed E-state index contributed by atoms with van der Waals surface area (Å²) in [6.07, 6.45) is 0.208. The first-order valence-corrected chi connectivity index (χ1v) is 10.1. The first-order valence-electron chi connectivity index (χ1n) is 8.28. The standard InChI is InChI=1S/C18H17ClFN3O4S/c1-23-10-13(9-17(23)24)21-18(25)11-2-7-15(19)16(8-11)22-28(26,27)14-5-3-12(20)4-6-14/h2-8,13,22H,9-10H2,1H3,(H,21,25). The van der Waals surface area contributed by atoms with Gasteiger partial charge in [-0.25, -0.2) is 12.8 Å². The average Bonchev–Trinajstić information content (AvgIpc) is 2.94. The third-order valence-electron chi connectivity index (χ3n) is 4.27. The lowest BCUT2D eigenvalue weighted by atomic mass is 10.1. The van der Waals surface area contributed by atoms with E-state index in [4.69, 9.17) is 11.6 Å². The molecule has 7 nitrogen and oxygen atoms in total. The minimum atomic E-state index is -4.02. The molecule has 2 amide bonds. The number of benzene rings is 2. The molecule has 28 heavy (non-hydrogen) atoms. The fraction of sp³-hybridized carbons (Fsp3) is 0.222. The number of amides is 2. The van der Waals surface area contributed by atoms with Gasteiger partial charge in [0, 0.05) is 25.6 Å². The summed E-state index contributed by atoms with van der Waals surface area (Å²) in [7, 11) is -2.36. The SMILES string of the molecule is CN1CC(NC(=O)c2ccc(Cl)c(NS(=O)(=O)c3ccc(F)cc3)c2)CC1=O. The number of likely N-dealkylation sites (N-methyl/N-ethyl adjacent to an activating group) is 1. The highest BCUT2D eigenvalue weighted by molar-refractivity contribution is 7.92. The van der Waals surface area contributed by atoms with Crippen molar-refractivity contribution in [3.8, 4) is 0 Å². The lowest BCUT2D eigenvalue weighted by Gasteiger charge is -2.14. The molecule has 0 aromatic heterocycles. The van der Waals surface area contributed by atoms with Crippen LogP contribution < -0.4 is 10.0 Å². The fourth-order valence-corrected chi connectivity index (χ4v) is 4.08. The number of rotatable bonds is 5. The zero-order valence-electron chi connectivity index (χ0n) is 14.8. The molecule has 1 aliphatic rings. The molecule has 1 aliphatic heterocycles. The van der Waals surface area contributed by atoms with E-state index in [0.717, 1.165) is 24.3 Å². The minimum absolute atomic E-state index is 0.0123. The van der Waals surface area contributed by atoms with Gasteiger partial charge in [0.05, 0.1) is 21.6 Å². The molecule has 2 aromatic rings. The summed E-state index contributed by atoms with van der Waals surface area (Å²) < 4.78 is 40.2. The van der Waals surface area contributed by atoms with Gasteiger partial charge in [0.2, 0.25) is 5.91 Å². The second-order valence-corrected chi connectivity index (χ2v) is 8.49. The molecule has 0 saturated carbocycles. The van der Waals surface area contributed by atoms with Crippen molar-refractivity contribution in [2.45, 2.75) is 17.4 Å².